The average molecular weight is 409 g/mol. The summed E-state index contributed by atoms with van der Waals surface area (Å²) in [5, 5.41) is 3.33. The molecule has 0 aliphatic heterocycles. The number of hydrogen-bond donors (Lipinski definition) is 1. The summed E-state index contributed by atoms with van der Waals surface area (Å²) < 4.78 is 27.7. The third kappa shape index (κ3) is 5.23. The molecule has 0 spiro atoms. The van der Waals surface area contributed by atoms with Crippen LogP contribution in [0.2, 0.25) is 5.02 Å². The van der Waals surface area contributed by atoms with Gasteiger partial charge >= 0.3 is 0 Å². The van der Waals surface area contributed by atoms with E-state index >= 15 is 0 Å². The predicted octanol–water partition coefficient (Wildman–Crippen LogP) is 4.07. The van der Waals surface area contributed by atoms with Gasteiger partial charge in [-0.25, -0.2) is 8.42 Å². The van der Waals surface area contributed by atoms with Crippen molar-refractivity contribution in [3.63, 3.8) is 0 Å². The highest BCUT2D eigenvalue weighted by Crippen LogP contribution is 2.29. The molecule has 2 rings (SSSR count). The molecule has 2 aromatic rings. The molecule has 0 saturated carbocycles. The van der Waals surface area contributed by atoms with Gasteiger partial charge in [0.1, 0.15) is 6.54 Å². The van der Waals surface area contributed by atoms with Crippen molar-refractivity contribution in [1.29, 1.82) is 0 Å². The molecule has 7 heteroatoms. The van der Waals surface area contributed by atoms with Gasteiger partial charge in [-0.15, -0.1) is 0 Å². The molecule has 5 nitrogen and oxygen atoms in total. The van der Waals surface area contributed by atoms with E-state index in [0.29, 0.717) is 16.3 Å². The topological polar surface area (TPSA) is 66.5 Å². The Balaban J connectivity index is 2.48. The minimum absolute atomic E-state index is 0.0345. The van der Waals surface area contributed by atoms with Gasteiger partial charge in [-0.1, -0.05) is 36.2 Å². The maximum Gasteiger partial charge on any atom is 0.264 e. The van der Waals surface area contributed by atoms with Crippen LogP contribution < -0.4 is 9.62 Å². The van der Waals surface area contributed by atoms with Crippen LogP contribution >= 0.6 is 11.6 Å². The molecule has 1 N–H and O–H groups in total. The summed E-state index contributed by atoms with van der Waals surface area (Å²) in [5.41, 5.74) is 2.06. The van der Waals surface area contributed by atoms with Gasteiger partial charge < -0.3 is 5.32 Å². The molecule has 0 aliphatic rings. The molecule has 146 valence electrons. The minimum atomic E-state index is -3.91. The number of carbonyl (C=O) groups excluding carboxylic acids is 1. The Morgan fingerprint density at radius 2 is 1.78 bits per heavy atom. The van der Waals surface area contributed by atoms with Crippen molar-refractivity contribution in [2.75, 3.05) is 10.8 Å². The Hall–Kier alpha value is -2.05. The number of benzene rings is 2. The van der Waals surface area contributed by atoms with E-state index in [9.17, 15) is 13.2 Å². The number of rotatable bonds is 7. The van der Waals surface area contributed by atoms with Crippen molar-refractivity contribution in [3.05, 3.63) is 58.6 Å². The molecular formula is C20H25ClN2O3S. The van der Waals surface area contributed by atoms with E-state index in [4.69, 9.17) is 11.6 Å². The van der Waals surface area contributed by atoms with Crippen LogP contribution in [0.3, 0.4) is 0 Å². The van der Waals surface area contributed by atoms with Crippen molar-refractivity contribution >= 4 is 33.2 Å². The van der Waals surface area contributed by atoms with E-state index in [0.717, 1.165) is 16.3 Å². The predicted molar refractivity (Wildman–Crippen MR) is 110 cm³/mol. The van der Waals surface area contributed by atoms with Crippen LogP contribution in [0, 0.1) is 13.8 Å². The van der Waals surface area contributed by atoms with Crippen molar-refractivity contribution in [2.45, 2.75) is 45.1 Å². The van der Waals surface area contributed by atoms with Crippen LogP contribution in [0.15, 0.2) is 47.4 Å². The maximum absolute atomic E-state index is 13.3. The van der Waals surface area contributed by atoms with Gasteiger partial charge in [0, 0.05) is 11.1 Å². The summed E-state index contributed by atoms with van der Waals surface area (Å²) in [7, 11) is -3.91. The molecular weight excluding hydrogens is 384 g/mol. The summed E-state index contributed by atoms with van der Waals surface area (Å²) in [6, 6.07) is 11.5. The quantitative estimate of drug-likeness (QED) is 0.751. The molecule has 0 heterocycles. The zero-order valence-corrected chi connectivity index (χ0v) is 17.6. The summed E-state index contributed by atoms with van der Waals surface area (Å²) in [6.07, 6.45) is 0.760. The van der Waals surface area contributed by atoms with Crippen LogP contribution in [0.1, 0.15) is 31.4 Å². The number of nitrogens with zero attached hydrogens (tertiary/aromatic N) is 1. The lowest BCUT2D eigenvalue weighted by Gasteiger charge is -2.26. The fourth-order valence-corrected chi connectivity index (χ4v) is 4.30. The molecule has 0 radical (unpaired) electrons. The first-order chi connectivity index (χ1) is 12.6. The Morgan fingerprint density at radius 1 is 1.15 bits per heavy atom. The first kappa shape index (κ1) is 21.3. The second-order valence-electron chi connectivity index (χ2n) is 6.63. The zero-order chi connectivity index (χ0) is 20.2. The summed E-state index contributed by atoms with van der Waals surface area (Å²) in [5.74, 6) is -0.352. The monoisotopic (exact) mass is 408 g/mol. The van der Waals surface area contributed by atoms with Crippen LogP contribution in [-0.4, -0.2) is 26.9 Å². The van der Waals surface area contributed by atoms with Gasteiger partial charge in [-0.05, 0) is 63.1 Å². The maximum atomic E-state index is 13.3. The average Bonchev–Trinajstić information content (AvgIpc) is 2.60. The molecule has 0 unspecified atom stereocenters. The smallest absolute Gasteiger partial charge is 0.264 e. The second kappa shape index (κ2) is 8.76. The standard InChI is InChI=1S/C20H25ClN2O3S/c1-5-16(4)22-20(24)13-23(19-11-8-17(21)12-15(19)3)27(25,26)18-9-6-14(2)7-10-18/h6-12,16H,5,13H2,1-4H3,(H,22,24)/t16-/m1/s1. The lowest BCUT2D eigenvalue weighted by Crippen LogP contribution is -2.43. The van der Waals surface area contributed by atoms with Gasteiger partial charge in [-0.3, -0.25) is 9.10 Å². The van der Waals surface area contributed by atoms with E-state index < -0.39 is 10.0 Å². The minimum Gasteiger partial charge on any atom is -0.352 e. The summed E-state index contributed by atoms with van der Waals surface area (Å²) in [4.78, 5) is 12.6. The Bertz CT molecular complexity index is 911. The molecule has 0 aromatic heterocycles. The van der Waals surface area contributed by atoms with E-state index in [1.165, 1.54) is 0 Å². The Kier molecular flexibility index (Phi) is 6.89. The SMILES string of the molecule is CC[C@@H](C)NC(=O)CN(c1ccc(Cl)cc1C)S(=O)(=O)c1ccc(C)cc1. The number of hydrogen-bond acceptors (Lipinski definition) is 3. The Morgan fingerprint density at radius 3 is 2.33 bits per heavy atom. The lowest BCUT2D eigenvalue weighted by molar-refractivity contribution is -0.120. The van der Waals surface area contributed by atoms with Gasteiger partial charge in [0.25, 0.3) is 10.0 Å². The second-order valence-corrected chi connectivity index (χ2v) is 8.93. The lowest BCUT2D eigenvalue weighted by atomic mass is 10.2. The van der Waals surface area contributed by atoms with Crippen molar-refractivity contribution in [1.82, 2.24) is 5.32 Å². The molecule has 27 heavy (non-hydrogen) atoms. The van der Waals surface area contributed by atoms with Crippen LogP contribution in [0.4, 0.5) is 5.69 Å². The fraction of sp³-hybridized carbons (Fsp3) is 0.350. The van der Waals surface area contributed by atoms with Crippen LogP contribution in [-0.2, 0) is 14.8 Å². The molecule has 0 bridgehead atoms. The number of nitrogens with one attached hydrogen (secondary N) is 1. The van der Waals surface area contributed by atoms with Crippen LogP contribution in [0.5, 0.6) is 0 Å². The number of aryl methyl sites for hydroxylation is 2. The normalized spacial score (nSPS) is 12.5. The number of amides is 1. The zero-order valence-electron chi connectivity index (χ0n) is 16.0. The van der Waals surface area contributed by atoms with E-state index in [1.807, 2.05) is 20.8 Å². The fourth-order valence-electron chi connectivity index (χ4n) is 2.59. The number of carbonyl (C=O) groups is 1. The largest absolute Gasteiger partial charge is 0.352 e. The molecule has 1 amide bonds. The van der Waals surface area contributed by atoms with Gasteiger partial charge in [0.2, 0.25) is 5.91 Å². The molecule has 0 saturated heterocycles. The molecule has 1 atom stereocenters. The van der Waals surface area contributed by atoms with Gasteiger partial charge in [-0.2, -0.15) is 0 Å². The van der Waals surface area contributed by atoms with Gasteiger partial charge in [0.05, 0.1) is 10.6 Å². The molecule has 0 fully saturated rings. The first-order valence-electron chi connectivity index (χ1n) is 8.80. The number of sulfonamides is 1. The summed E-state index contributed by atoms with van der Waals surface area (Å²) >= 11 is 6.02. The van der Waals surface area contributed by atoms with Crippen LogP contribution in [0.25, 0.3) is 0 Å². The highest BCUT2D eigenvalue weighted by molar-refractivity contribution is 7.92. The number of anilines is 1. The van der Waals surface area contributed by atoms with E-state index in [-0.39, 0.29) is 23.4 Å². The highest BCUT2D eigenvalue weighted by atomic mass is 35.5. The third-order valence-electron chi connectivity index (χ3n) is 4.34. The third-order valence-corrected chi connectivity index (χ3v) is 6.35. The summed E-state index contributed by atoms with van der Waals surface area (Å²) in [6.45, 7) is 7.19. The molecule has 2 aromatic carbocycles. The molecule has 0 aliphatic carbocycles. The Labute approximate surface area is 166 Å². The van der Waals surface area contributed by atoms with E-state index in [1.54, 1.807) is 49.4 Å². The van der Waals surface area contributed by atoms with Crippen molar-refractivity contribution in [2.24, 2.45) is 0 Å². The first-order valence-corrected chi connectivity index (χ1v) is 10.6. The van der Waals surface area contributed by atoms with E-state index in [2.05, 4.69) is 5.32 Å². The number of halogens is 1. The van der Waals surface area contributed by atoms with Crippen molar-refractivity contribution < 1.29 is 13.2 Å². The van der Waals surface area contributed by atoms with Gasteiger partial charge in [0.15, 0.2) is 0 Å². The highest BCUT2D eigenvalue weighted by Gasteiger charge is 2.28. The van der Waals surface area contributed by atoms with Crippen molar-refractivity contribution in [3.8, 4) is 0 Å².